The van der Waals surface area contributed by atoms with E-state index in [2.05, 4.69) is 16.0 Å². The van der Waals surface area contributed by atoms with Gasteiger partial charge in [0.1, 0.15) is 73.1 Å². The van der Waals surface area contributed by atoms with Crippen LogP contribution >= 0.6 is 0 Å². The number of ether oxygens (including phenoxy) is 6. The number of hydrogen-bond acceptors (Lipinski definition) is 18. The molecule has 0 bridgehead atoms. The average Bonchev–Trinajstić information content (AvgIpc) is 3.03. The molecule has 22 nitrogen and oxygen atoms in total. The molecule has 3 rings (SSSR count). The summed E-state index contributed by atoms with van der Waals surface area (Å²) < 4.78 is 33.6. The number of amides is 3. The van der Waals surface area contributed by atoms with Gasteiger partial charge in [-0.05, 0) is 0 Å². The smallest absolute Gasteiger partial charge is 0.328 e. The highest BCUT2D eigenvalue weighted by molar-refractivity contribution is 5.82. The zero-order chi connectivity index (χ0) is 36.7. The molecule has 0 unspecified atom stereocenters. The highest BCUT2D eigenvalue weighted by Crippen LogP contribution is 2.31. The van der Waals surface area contributed by atoms with Gasteiger partial charge in [0.15, 0.2) is 24.9 Å². The molecule has 0 saturated carbocycles. The number of carboxylic acid groups (broad SMARTS) is 1. The second kappa shape index (κ2) is 18.0. The molecule has 12 N–H and O–H groups in total. The van der Waals surface area contributed by atoms with Gasteiger partial charge in [-0.1, -0.05) is 0 Å². The average molecular weight is 716 g/mol. The summed E-state index contributed by atoms with van der Waals surface area (Å²) in [6, 6.07) is -4.45. The summed E-state index contributed by atoms with van der Waals surface area (Å²) in [5.74, 6) is -3.52. The largest absolute Gasteiger partial charge is 0.480 e. The van der Waals surface area contributed by atoms with Gasteiger partial charge in [-0.15, -0.1) is 0 Å². The normalized spacial score (nSPS) is 40.2. The van der Waals surface area contributed by atoms with Crippen molar-refractivity contribution in [1.29, 1.82) is 0 Å². The fourth-order valence-corrected chi connectivity index (χ4v) is 5.50. The number of aliphatic hydroxyl groups is 8. The fraction of sp³-hybridized carbons (Fsp3) is 0.852. The Kier molecular flexibility index (Phi) is 15.0. The number of hydrogen-bond donors (Lipinski definition) is 12. The Labute approximate surface area is 278 Å². The summed E-state index contributed by atoms with van der Waals surface area (Å²) in [5.41, 5.74) is 0. The van der Waals surface area contributed by atoms with E-state index in [1.165, 1.54) is 0 Å². The van der Waals surface area contributed by atoms with Crippen LogP contribution in [0, 0.1) is 0 Å². The lowest BCUT2D eigenvalue weighted by molar-refractivity contribution is -0.351. The van der Waals surface area contributed by atoms with Gasteiger partial charge in [0.25, 0.3) is 0 Å². The topological polar surface area (TPSA) is 342 Å². The van der Waals surface area contributed by atoms with Crippen molar-refractivity contribution in [2.24, 2.45) is 0 Å². The highest BCUT2D eigenvalue weighted by Gasteiger charge is 2.52. The van der Waals surface area contributed by atoms with Gasteiger partial charge < -0.3 is 90.3 Å². The Morgan fingerprint density at radius 2 is 1.14 bits per heavy atom. The molecule has 0 aromatic rings. The molecule has 22 heteroatoms. The maximum atomic E-state index is 12.1. The number of nitrogens with one attached hydrogen (secondary N) is 3. The van der Waals surface area contributed by atoms with E-state index >= 15 is 0 Å². The van der Waals surface area contributed by atoms with E-state index in [9.17, 15) is 65.1 Å². The van der Waals surface area contributed by atoms with Crippen molar-refractivity contribution in [3.63, 3.8) is 0 Å². The van der Waals surface area contributed by atoms with Crippen LogP contribution in [0.3, 0.4) is 0 Å². The Hall–Kier alpha value is -2.68. The molecule has 3 heterocycles. The first-order chi connectivity index (χ1) is 23.0. The van der Waals surface area contributed by atoms with Crippen LogP contribution in [0.4, 0.5) is 0 Å². The first-order valence-electron chi connectivity index (χ1n) is 15.2. The quantitative estimate of drug-likeness (QED) is 0.0794. The van der Waals surface area contributed by atoms with Gasteiger partial charge in [0, 0.05) is 20.8 Å². The predicted molar refractivity (Wildman–Crippen MR) is 153 cm³/mol. The third-order valence-corrected chi connectivity index (χ3v) is 7.96. The maximum Gasteiger partial charge on any atom is 0.328 e. The van der Waals surface area contributed by atoms with Crippen LogP contribution in [0.1, 0.15) is 20.8 Å². The third-order valence-electron chi connectivity index (χ3n) is 7.96. The second-order valence-electron chi connectivity index (χ2n) is 11.7. The molecule has 16 atom stereocenters. The summed E-state index contributed by atoms with van der Waals surface area (Å²) >= 11 is 0. The molecule has 49 heavy (non-hydrogen) atoms. The number of carboxylic acids is 1. The second-order valence-corrected chi connectivity index (χ2v) is 11.7. The lowest BCUT2D eigenvalue weighted by Gasteiger charge is -2.47. The van der Waals surface area contributed by atoms with Crippen LogP contribution < -0.4 is 16.0 Å². The van der Waals surface area contributed by atoms with Crippen LogP contribution in [0.5, 0.6) is 0 Å². The van der Waals surface area contributed by atoms with Crippen molar-refractivity contribution in [2.75, 3.05) is 26.4 Å². The van der Waals surface area contributed by atoms with Crippen molar-refractivity contribution in [3.05, 3.63) is 0 Å². The van der Waals surface area contributed by atoms with Crippen LogP contribution in [0.15, 0.2) is 0 Å². The van der Waals surface area contributed by atoms with E-state index in [-0.39, 0.29) is 0 Å². The monoisotopic (exact) mass is 715 g/mol. The zero-order valence-electron chi connectivity index (χ0n) is 26.7. The van der Waals surface area contributed by atoms with E-state index in [4.69, 9.17) is 28.4 Å². The lowest BCUT2D eigenvalue weighted by atomic mass is 9.95. The minimum atomic E-state index is -1.88. The molecule has 0 spiro atoms. The SMILES string of the molecule is CC(=O)N[C@H]1[C@H](OC[C@H]2O[C@H](OC[C@H](NC(C)=O)C(=O)O)[C@H](NC(C)=O)[C@@H](O)[C@H]2O)O[C@H](CO)[C@@H](O[C@@H]2O[C@H](CO)[C@H](O)[C@H](O)[C@H]2O)[C@@H]1O. The van der Waals surface area contributed by atoms with Gasteiger partial charge in [-0.3, -0.25) is 14.4 Å². The molecular weight excluding hydrogens is 670 g/mol. The number of aliphatic carboxylic acids is 1. The number of carbonyl (C=O) groups excluding carboxylic acids is 3. The standard InChI is InChI=1S/C27H45N3O19/c1-8(33)28-11(24(42)43)6-44-25-15(29-9(2)34)19(38)18(37)14(48-25)7-45-26-16(30-10(3)35)20(39)23(13(5-32)47-26)49-27-22(41)21(40)17(36)12(4-31)46-27/h11-23,25-27,31-32,36-41H,4-7H2,1-3H3,(H,28,33)(H,29,34)(H,30,35)(H,42,43)/t11-,12+,13+,14+,15+,16+,17-,18-,19+,20+,21-,22+,23+,25-,26+,27-/m0/s1. The van der Waals surface area contributed by atoms with Gasteiger partial charge in [-0.2, -0.15) is 0 Å². The van der Waals surface area contributed by atoms with Gasteiger partial charge >= 0.3 is 5.97 Å². The van der Waals surface area contributed by atoms with Crippen molar-refractivity contribution in [2.45, 2.75) is 119 Å². The molecule has 3 fully saturated rings. The molecule has 3 saturated heterocycles. The number of carbonyl (C=O) groups is 4. The van der Waals surface area contributed by atoms with Gasteiger partial charge in [0.05, 0.1) is 26.4 Å². The fourth-order valence-electron chi connectivity index (χ4n) is 5.50. The molecule has 0 radical (unpaired) electrons. The summed E-state index contributed by atoms with van der Waals surface area (Å²) in [6.07, 6.45) is -21.6. The molecule has 0 aromatic carbocycles. The van der Waals surface area contributed by atoms with Crippen molar-refractivity contribution < 1.29 is 93.6 Å². The van der Waals surface area contributed by atoms with E-state index in [1.54, 1.807) is 0 Å². The Balaban J connectivity index is 1.78. The van der Waals surface area contributed by atoms with E-state index in [0.29, 0.717) is 0 Å². The van der Waals surface area contributed by atoms with E-state index in [1.807, 2.05) is 0 Å². The van der Waals surface area contributed by atoms with Crippen LogP contribution in [-0.2, 0) is 47.6 Å². The minimum absolute atomic E-state index is 0.664. The summed E-state index contributed by atoms with van der Waals surface area (Å²) in [7, 11) is 0. The van der Waals surface area contributed by atoms with Gasteiger partial charge in [-0.25, -0.2) is 4.79 Å². The van der Waals surface area contributed by atoms with Crippen molar-refractivity contribution in [1.82, 2.24) is 16.0 Å². The molecule has 282 valence electrons. The molecule has 0 aromatic heterocycles. The zero-order valence-corrected chi connectivity index (χ0v) is 26.7. The maximum absolute atomic E-state index is 12.1. The first-order valence-corrected chi connectivity index (χ1v) is 15.2. The molecular formula is C27H45N3O19. The summed E-state index contributed by atoms with van der Waals surface area (Å²) in [5, 5.41) is 99.3. The molecule has 3 aliphatic rings. The first kappa shape index (κ1) is 40.7. The highest BCUT2D eigenvalue weighted by atomic mass is 16.7. The van der Waals surface area contributed by atoms with Crippen molar-refractivity contribution in [3.8, 4) is 0 Å². The third kappa shape index (κ3) is 10.2. The Morgan fingerprint density at radius 1 is 0.633 bits per heavy atom. The van der Waals surface area contributed by atoms with Crippen LogP contribution in [-0.4, -0.2) is 194 Å². The summed E-state index contributed by atoms with van der Waals surface area (Å²) in [6.45, 7) is 0.285. The number of aliphatic hydroxyl groups excluding tert-OH is 8. The molecule has 3 aliphatic heterocycles. The Morgan fingerprint density at radius 3 is 1.67 bits per heavy atom. The lowest BCUT2D eigenvalue weighted by Crippen LogP contribution is -2.68. The molecule has 3 amide bonds. The van der Waals surface area contributed by atoms with Crippen LogP contribution in [0.25, 0.3) is 0 Å². The van der Waals surface area contributed by atoms with Crippen LogP contribution in [0.2, 0.25) is 0 Å². The summed E-state index contributed by atoms with van der Waals surface area (Å²) in [4.78, 5) is 46.9. The minimum Gasteiger partial charge on any atom is -0.480 e. The van der Waals surface area contributed by atoms with Crippen molar-refractivity contribution >= 4 is 23.7 Å². The van der Waals surface area contributed by atoms with Gasteiger partial charge in [0.2, 0.25) is 17.7 Å². The number of rotatable bonds is 14. The Bertz CT molecular complexity index is 1130. The van der Waals surface area contributed by atoms with E-state index < -0.39 is 148 Å². The van der Waals surface area contributed by atoms with E-state index in [0.717, 1.165) is 20.8 Å². The predicted octanol–water partition coefficient (Wildman–Crippen LogP) is -7.67. The molecule has 0 aliphatic carbocycles.